The Labute approximate surface area is 295 Å². The highest BCUT2D eigenvalue weighted by Gasteiger charge is 2.56. The summed E-state index contributed by atoms with van der Waals surface area (Å²) in [6.07, 6.45) is 17.8. The van der Waals surface area contributed by atoms with Crippen LogP contribution >= 0.6 is 0 Å². The van der Waals surface area contributed by atoms with Crippen LogP contribution in [0.4, 0.5) is 0 Å². The second-order valence-corrected chi connectivity index (χ2v) is 16.2. The van der Waals surface area contributed by atoms with Gasteiger partial charge in [-0.2, -0.15) is 0 Å². The van der Waals surface area contributed by atoms with Gasteiger partial charge in [0, 0.05) is 19.8 Å². The fourth-order valence-corrected chi connectivity index (χ4v) is 9.87. The summed E-state index contributed by atoms with van der Waals surface area (Å²) >= 11 is 0. The van der Waals surface area contributed by atoms with Crippen molar-refractivity contribution < 1.29 is 14.2 Å². The van der Waals surface area contributed by atoms with Crippen molar-refractivity contribution in [3.05, 3.63) is 0 Å². The van der Waals surface area contributed by atoms with Gasteiger partial charge in [0.2, 0.25) is 0 Å². The quantitative estimate of drug-likeness (QED) is 0.0949. The lowest BCUT2D eigenvalue weighted by Gasteiger charge is -2.59. The van der Waals surface area contributed by atoms with Crippen molar-refractivity contribution in [1.82, 2.24) is 4.90 Å². The lowest BCUT2D eigenvalue weighted by atomic mass is 9.49. The molecule has 3 aliphatic rings. The number of hydrogen-bond donors (Lipinski definition) is 5. The molecule has 10 N–H and O–H groups in total. The van der Waals surface area contributed by atoms with E-state index in [1.165, 1.54) is 32.1 Å². The average Bonchev–Trinajstić information content (AvgIpc) is 3.15. The predicted molar refractivity (Wildman–Crippen MR) is 201 cm³/mol. The first kappa shape index (κ1) is 42.1. The molecular formula is C39H80N6O3. The fourth-order valence-electron chi connectivity index (χ4n) is 9.87. The number of hydrogen-bond acceptors (Lipinski definition) is 9. The van der Waals surface area contributed by atoms with Crippen molar-refractivity contribution in [3.63, 3.8) is 0 Å². The maximum atomic E-state index is 6.85. The van der Waals surface area contributed by atoms with Crippen LogP contribution in [0, 0.1) is 40.9 Å². The summed E-state index contributed by atoms with van der Waals surface area (Å²) in [5.74, 6) is 3.69. The van der Waals surface area contributed by atoms with Gasteiger partial charge < -0.3 is 47.8 Å². The van der Waals surface area contributed by atoms with Gasteiger partial charge in [-0.05, 0) is 183 Å². The Balaban J connectivity index is 1.81. The molecule has 0 heterocycles. The normalized spacial score (nSPS) is 33.4. The van der Waals surface area contributed by atoms with Gasteiger partial charge in [0.1, 0.15) is 0 Å². The van der Waals surface area contributed by atoms with Gasteiger partial charge in [0.05, 0.1) is 18.3 Å². The molecule has 3 rings (SSSR count). The molecular weight excluding hydrogens is 600 g/mol. The summed E-state index contributed by atoms with van der Waals surface area (Å²) in [5, 5.41) is 0. The van der Waals surface area contributed by atoms with Crippen LogP contribution < -0.4 is 28.7 Å². The van der Waals surface area contributed by atoms with Crippen LogP contribution in [0.3, 0.4) is 0 Å². The Morgan fingerprint density at radius 2 is 1.25 bits per heavy atom. The topological polar surface area (TPSA) is 161 Å². The molecule has 48 heavy (non-hydrogen) atoms. The summed E-state index contributed by atoms with van der Waals surface area (Å²) in [6.45, 7) is 16.9. The van der Waals surface area contributed by atoms with E-state index < -0.39 is 0 Å². The number of nitrogens with zero attached hydrogens (tertiary/aromatic N) is 1. The lowest BCUT2D eigenvalue weighted by Crippen LogP contribution is -2.55. The van der Waals surface area contributed by atoms with Crippen molar-refractivity contribution in [2.24, 2.45) is 69.6 Å². The van der Waals surface area contributed by atoms with E-state index in [1.54, 1.807) is 0 Å². The zero-order valence-corrected chi connectivity index (χ0v) is 31.6. The molecule has 0 radical (unpaired) electrons. The molecule has 0 saturated heterocycles. The first-order chi connectivity index (χ1) is 23.3. The second kappa shape index (κ2) is 23.3. The van der Waals surface area contributed by atoms with E-state index in [-0.39, 0.29) is 17.6 Å². The monoisotopic (exact) mass is 681 g/mol. The van der Waals surface area contributed by atoms with E-state index in [2.05, 4.69) is 25.7 Å². The fraction of sp³-hybridized carbons (Fsp3) is 1.00. The van der Waals surface area contributed by atoms with E-state index in [1.807, 2.05) is 0 Å². The molecule has 0 bridgehead atoms. The molecule has 0 aliphatic heterocycles. The Morgan fingerprint density at radius 1 is 0.667 bits per heavy atom. The number of nitrogens with two attached hydrogens (primary N) is 5. The van der Waals surface area contributed by atoms with Crippen molar-refractivity contribution in [2.45, 2.75) is 135 Å². The standard InChI is InChI=1S/C39H80N6O3/c1-30(10-4-20-45(21-5-15-40)22-6-16-41)32-12-11-31(2)38-36(29-35(26-32)47-24-8-18-43)39(3)14-13-34(46-23-7-17-42)27-33(39)28-37(38)48-25-9-19-44/h30-38H,4-29,40-44H2,1-3H3/t30?,31-,32?,33?,34+,35+,36-,37+,38?,39-/m0/s1. The first-order valence-corrected chi connectivity index (χ1v) is 20.4. The van der Waals surface area contributed by atoms with Crippen LogP contribution in [0.25, 0.3) is 0 Å². The highest BCUT2D eigenvalue weighted by Crippen LogP contribution is 2.60. The molecule has 9 nitrogen and oxygen atoms in total. The molecule has 10 atom stereocenters. The van der Waals surface area contributed by atoms with Crippen LogP contribution in [-0.4, -0.2) is 95.4 Å². The number of ether oxygens (including phenoxy) is 3. The van der Waals surface area contributed by atoms with E-state index in [9.17, 15) is 0 Å². The van der Waals surface area contributed by atoms with Gasteiger partial charge >= 0.3 is 0 Å². The lowest BCUT2D eigenvalue weighted by molar-refractivity contribution is -0.168. The second-order valence-electron chi connectivity index (χ2n) is 16.2. The van der Waals surface area contributed by atoms with Crippen LogP contribution in [0.5, 0.6) is 0 Å². The molecule has 4 unspecified atom stereocenters. The molecule has 0 amide bonds. The summed E-state index contributed by atoms with van der Waals surface area (Å²) in [5.41, 5.74) is 29.7. The van der Waals surface area contributed by atoms with Crippen LogP contribution in [0.15, 0.2) is 0 Å². The maximum Gasteiger partial charge on any atom is 0.0611 e. The molecule has 0 aromatic heterocycles. The highest BCUT2D eigenvalue weighted by atomic mass is 16.5. The molecule has 3 aliphatic carbocycles. The van der Waals surface area contributed by atoms with E-state index in [4.69, 9.17) is 42.9 Å². The highest BCUT2D eigenvalue weighted by molar-refractivity contribution is 5.05. The molecule has 0 aromatic rings. The third-order valence-electron chi connectivity index (χ3n) is 12.9. The van der Waals surface area contributed by atoms with Gasteiger partial charge in [-0.1, -0.05) is 27.2 Å². The first-order valence-electron chi connectivity index (χ1n) is 20.4. The van der Waals surface area contributed by atoms with Crippen molar-refractivity contribution >= 4 is 0 Å². The van der Waals surface area contributed by atoms with E-state index in [0.29, 0.717) is 61.2 Å². The predicted octanol–water partition coefficient (Wildman–Crippen LogP) is 4.87. The van der Waals surface area contributed by atoms with Crippen molar-refractivity contribution in [3.8, 4) is 0 Å². The van der Waals surface area contributed by atoms with Gasteiger partial charge in [-0.15, -0.1) is 0 Å². The Morgan fingerprint density at radius 3 is 1.88 bits per heavy atom. The minimum atomic E-state index is 0.270. The SMILES string of the molecule is CC(CCCN(CCCN)CCCN)C1CC[C@H](C)C2[C@H](OCCCN)CC3C[C@H](OCCCN)CC[C@]3(C)[C@H]2C[C@H](OCCCN)C1. The summed E-state index contributed by atoms with van der Waals surface area (Å²) in [6, 6.07) is 0. The Hall–Kier alpha value is -0.360. The van der Waals surface area contributed by atoms with E-state index >= 15 is 0 Å². The molecule has 9 heteroatoms. The maximum absolute atomic E-state index is 6.85. The van der Waals surface area contributed by atoms with Crippen LogP contribution in [-0.2, 0) is 14.2 Å². The minimum Gasteiger partial charge on any atom is -0.378 e. The van der Waals surface area contributed by atoms with Gasteiger partial charge in [-0.25, -0.2) is 0 Å². The number of fused-ring (bicyclic) bond motifs is 3. The largest absolute Gasteiger partial charge is 0.378 e. The molecule has 284 valence electrons. The summed E-state index contributed by atoms with van der Waals surface area (Å²) in [4.78, 5) is 2.58. The van der Waals surface area contributed by atoms with Gasteiger partial charge in [-0.3, -0.25) is 0 Å². The molecule has 0 spiro atoms. The smallest absolute Gasteiger partial charge is 0.0611 e. The van der Waals surface area contributed by atoms with E-state index in [0.717, 1.165) is 117 Å². The molecule has 3 fully saturated rings. The van der Waals surface area contributed by atoms with Crippen molar-refractivity contribution in [2.75, 3.05) is 72.2 Å². The minimum absolute atomic E-state index is 0.270. The van der Waals surface area contributed by atoms with Gasteiger partial charge in [0.15, 0.2) is 0 Å². The zero-order valence-electron chi connectivity index (χ0n) is 31.6. The Kier molecular flexibility index (Phi) is 20.4. The van der Waals surface area contributed by atoms with Gasteiger partial charge in [0.25, 0.3) is 0 Å². The summed E-state index contributed by atoms with van der Waals surface area (Å²) in [7, 11) is 0. The summed E-state index contributed by atoms with van der Waals surface area (Å²) < 4.78 is 20.1. The molecule has 3 saturated carbocycles. The van der Waals surface area contributed by atoms with Crippen molar-refractivity contribution in [1.29, 1.82) is 0 Å². The number of rotatable bonds is 23. The third kappa shape index (κ3) is 13.0. The molecule has 0 aromatic carbocycles. The third-order valence-corrected chi connectivity index (χ3v) is 12.9. The van der Waals surface area contributed by atoms with Crippen LogP contribution in [0.1, 0.15) is 117 Å². The average molecular weight is 681 g/mol. The van der Waals surface area contributed by atoms with Crippen LogP contribution in [0.2, 0.25) is 0 Å². The zero-order chi connectivity index (χ0) is 34.8. The Bertz CT molecular complexity index is 817.